The fourth-order valence-electron chi connectivity index (χ4n) is 2.88. The van der Waals surface area contributed by atoms with Gasteiger partial charge in [0, 0.05) is 19.0 Å². The second-order valence-corrected chi connectivity index (χ2v) is 5.39. The van der Waals surface area contributed by atoms with Crippen LogP contribution in [-0.2, 0) is 9.59 Å². The molecule has 7 nitrogen and oxygen atoms in total. The normalized spacial score (nSPS) is 23.8. The molecule has 0 bridgehead atoms. The van der Waals surface area contributed by atoms with Crippen molar-refractivity contribution in [2.24, 2.45) is 28.0 Å². The molecular weight excluding hydrogens is 248 g/mol. The van der Waals surface area contributed by atoms with Gasteiger partial charge < -0.3 is 21.6 Å². The van der Waals surface area contributed by atoms with Gasteiger partial charge in [0.2, 0.25) is 11.8 Å². The van der Waals surface area contributed by atoms with Gasteiger partial charge in [-0.1, -0.05) is 11.6 Å². The summed E-state index contributed by atoms with van der Waals surface area (Å²) in [6, 6.07) is 0. The van der Waals surface area contributed by atoms with Crippen molar-refractivity contribution in [3.63, 3.8) is 0 Å². The topological polar surface area (TPSA) is 122 Å². The van der Waals surface area contributed by atoms with Crippen molar-refractivity contribution >= 4 is 17.6 Å². The van der Waals surface area contributed by atoms with Gasteiger partial charge in [0.15, 0.2) is 5.84 Å². The van der Waals surface area contributed by atoms with Gasteiger partial charge in [-0.15, -0.1) is 0 Å². The Kier molecular flexibility index (Phi) is 3.64. The second-order valence-electron chi connectivity index (χ2n) is 5.39. The molecule has 2 fully saturated rings. The molecule has 1 heterocycles. The van der Waals surface area contributed by atoms with Crippen molar-refractivity contribution in [1.82, 2.24) is 4.90 Å². The SMILES string of the molecule is NC(=O)C1CCN(C(=O)C2(C(N)=NO)CCC2)CC1. The Labute approximate surface area is 111 Å². The van der Waals surface area contributed by atoms with Crippen molar-refractivity contribution in [1.29, 1.82) is 0 Å². The van der Waals surface area contributed by atoms with E-state index in [0.717, 1.165) is 6.42 Å². The van der Waals surface area contributed by atoms with Gasteiger partial charge >= 0.3 is 0 Å². The van der Waals surface area contributed by atoms with E-state index in [-0.39, 0.29) is 23.6 Å². The molecule has 19 heavy (non-hydrogen) atoms. The van der Waals surface area contributed by atoms with E-state index in [9.17, 15) is 9.59 Å². The molecule has 1 saturated carbocycles. The number of primary amides is 1. The fourth-order valence-corrected chi connectivity index (χ4v) is 2.88. The van der Waals surface area contributed by atoms with Crippen LogP contribution < -0.4 is 11.5 Å². The zero-order valence-corrected chi connectivity index (χ0v) is 10.8. The Hall–Kier alpha value is -1.79. The molecule has 1 saturated heterocycles. The van der Waals surface area contributed by atoms with Crippen LogP contribution in [0.5, 0.6) is 0 Å². The summed E-state index contributed by atoms with van der Waals surface area (Å²) in [5.74, 6) is -0.537. The van der Waals surface area contributed by atoms with E-state index < -0.39 is 5.41 Å². The van der Waals surface area contributed by atoms with Gasteiger partial charge in [0.05, 0.1) is 0 Å². The zero-order valence-electron chi connectivity index (χ0n) is 10.8. The Morgan fingerprint density at radius 2 is 1.79 bits per heavy atom. The average Bonchev–Trinajstić information content (AvgIpc) is 2.37. The van der Waals surface area contributed by atoms with Crippen LogP contribution in [0.1, 0.15) is 32.1 Å². The number of hydrogen-bond donors (Lipinski definition) is 3. The third-order valence-electron chi connectivity index (χ3n) is 4.40. The summed E-state index contributed by atoms with van der Waals surface area (Å²) < 4.78 is 0. The first-order valence-corrected chi connectivity index (χ1v) is 6.58. The molecule has 1 aliphatic heterocycles. The molecule has 0 spiro atoms. The minimum absolute atomic E-state index is 0.000717. The largest absolute Gasteiger partial charge is 0.409 e. The number of amides is 2. The first-order valence-electron chi connectivity index (χ1n) is 6.58. The summed E-state index contributed by atoms with van der Waals surface area (Å²) in [5.41, 5.74) is 10.1. The van der Waals surface area contributed by atoms with E-state index in [2.05, 4.69) is 5.16 Å². The molecule has 2 rings (SSSR count). The number of amidine groups is 1. The lowest BCUT2D eigenvalue weighted by Gasteiger charge is -2.43. The van der Waals surface area contributed by atoms with E-state index in [0.29, 0.717) is 38.8 Å². The Bertz CT molecular complexity index is 409. The molecule has 0 atom stereocenters. The highest BCUT2D eigenvalue weighted by molar-refractivity contribution is 6.07. The van der Waals surface area contributed by atoms with Crippen LogP contribution in [0.3, 0.4) is 0 Å². The number of nitrogens with two attached hydrogens (primary N) is 2. The first-order chi connectivity index (χ1) is 9.01. The van der Waals surface area contributed by atoms with Gasteiger partial charge in [-0.25, -0.2) is 0 Å². The van der Waals surface area contributed by atoms with Crippen LogP contribution in [-0.4, -0.2) is 40.8 Å². The summed E-state index contributed by atoms with van der Waals surface area (Å²) in [7, 11) is 0. The van der Waals surface area contributed by atoms with Crippen LogP contribution >= 0.6 is 0 Å². The average molecular weight is 268 g/mol. The van der Waals surface area contributed by atoms with E-state index in [1.54, 1.807) is 4.90 Å². The van der Waals surface area contributed by atoms with E-state index >= 15 is 0 Å². The number of carbonyl (C=O) groups excluding carboxylic acids is 2. The second kappa shape index (κ2) is 5.07. The van der Waals surface area contributed by atoms with Crippen molar-refractivity contribution in [3.05, 3.63) is 0 Å². The predicted molar refractivity (Wildman–Crippen MR) is 68.2 cm³/mol. The number of oxime groups is 1. The third-order valence-corrected chi connectivity index (χ3v) is 4.40. The van der Waals surface area contributed by atoms with E-state index in [4.69, 9.17) is 16.7 Å². The maximum absolute atomic E-state index is 12.5. The molecule has 0 unspecified atom stereocenters. The van der Waals surface area contributed by atoms with Crippen molar-refractivity contribution in [3.8, 4) is 0 Å². The minimum atomic E-state index is -0.825. The van der Waals surface area contributed by atoms with Crippen LogP contribution in [0.25, 0.3) is 0 Å². The Balaban J connectivity index is 2.03. The molecule has 106 valence electrons. The van der Waals surface area contributed by atoms with Crippen molar-refractivity contribution in [2.75, 3.05) is 13.1 Å². The zero-order chi connectivity index (χ0) is 14.0. The van der Waals surface area contributed by atoms with Gasteiger partial charge in [0.1, 0.15) is 5.41 Å². The minimum Gasteiger partial charge on any atom is -0.409 e. The fraction of sp³-hybridized carbons (Fsp3) is 0.750. The molecule has 1 aliphatic carbocycles. The molecule has 2 aliphatic rings. The highest BCUT2D eigenvalue weighted by Crippen LogP contribution is 2.43. The van der Waals surface area contributed by atoms with Crippen LogP contribution in [0.15, 0.2) is 5.16 Å². The van der Waals surface area contributed by atoms with Crippen LogP contribution in [0.2, 0.25) is 0 Å². The lowest BCUT2D eigenvalue weighted by atomic mass is 9.66. The number of rotatable bonds is 3. The Morgan fingerprint density at radius 3 is 2.16 bits per heavy atom. The molecule has 2 amide bonds. The van der Waals surface area contributed by atoms with Gasteiger partial charge in [-0.3, -0.25) is 9.59 Å². The number of piperidine rings is 1. The molecule has 5 N–H and O–H groups in total. The van der Waals surface area contributed by atoms with Gasteiger partial charge in [0.25, 0.3) is 0 Å². The third kappa shape index (κ3) is 2.24. The molecule has 0 aromatic heterocycles. The predicted octanol–water partition coefficient (Wildman–Crippen LogP) is -0.373. The van der Waals surface area contributed by atoms with Crippen LogP contribution in [0.4, 0.5) is 0 Å². The molecular formula is C12H20N4O3. The monoisotopic (exact) mass is 268 g/mol. The molecule has 7 heteroatoms. The van der Waals surface area contributed by atoms with E-state index in [1.165, 1.54) is 0 Å². The smallest absolute Gasteiger partial charge is 0.236 e. The highest BCUT2D eigenvalue weighted by atomic mass is 16.4. The quantitative estimate of drug-likeness (QED) is 0.279. The van der Waals surface area contributed by atoms with Crippen LogP contribution in [0, 0.1) is 11.3 Å². The number of nitrogens with zero attached hydrogens (tertiary/aromatic N) is 2. The summed E-state index contributed by atoms with van der Waals surface area (Å²) in [4.78, 5) is 25.3. The van der Waals surface area contributed by atoms with Gasteiger partial charge in [-0.05, 0) is 25.7 Å². The maximum Gasteiger partial charge on any atom is 0.236 e. The first kappa shape index (κ1) is 13.6. The number of carbonyl (C=O) groups is 2. The molecule has 0 radical (unpaired) electrons. The Morgan fingerprint density at radius 1 is 1.21 bits per heavy atom. The summed E-state index contributed by atoms with van der Waals surface area (Å²) >= 11 is 0. The van der Waals surface area contributed by atoms with Crippen molar-refractivity contribution < 1.29 is 14.8 Å². The van der Waals surface area contributed by atoms with E-state index in [1.807, 2.05) is 0 Å². The van der Waals surface area contributed by atoms with Gasteiger partial charge in [-0.2, -0.15) is 0 Å². The number of likely N-dealkylation sites (tertiary alicyclic amines) is 1. The summed E-state index contributed by atoms with van der Waals surface area (Å²) in [5, 5.41) is 11.8. The highest BCUT2D eigenvalue weighted by Gasteiger charge is 2.50. The summed E-state index contributed by atoms with van der Waals surface area (Å²) in [6.07, 6.45) is 3.33. The summed E-state index contributed by atoms with van der Waals surface area (Å²) in [6.45, 7) is 1.01. The lowest BCUT2D eigenvalue weighted by Crippen LogP contribution is -2.56. The lowest BCUT2D eigenvalue weighted by molar-refractivity contribution is -0.144. The van der Waals surface area contributed by atoms with Crippen molar-refractivity contribution in [2.45, 2.75) is 32.1 Å². The standard InChI is InChI=1S/C12H20N4O3/c13-9(17)8-2-6-16(7-3-8)11(18)12(4-1-5-12)10(14)15-19/h8,19H,1-7H2,(H2,13,17)(H2,14,15). The molecule has 0 aromatic carbocycles. The number of hydrogen-bond acceptors (Lipinski definition) is 4. The maximum atomic E-state index is 12.5. The molecule has 0 aromatic rings.